The summed E-state index contributed by atoms with van der Waals surface area (Å²) in [5.41, 5.74) is 4.61. The number of hydrogen-bond donors (Lipinski definition) is 1. The van der Waals surface area contributed by atoms with Crippen molar-refractivity contribution in [1.29, 1.82) is 0 Å². The number of hydrogen-bond acceptors (Lipinski definition) is 7. The molecule has 170 valence electrons. The van der Waals surface area contributed by atoms with Gasteiger partial charge in [0.1, 0.15) is 17.0 Å². The average molecular weight is 526 g/mol. The van der Waals surface area contributed by atoms with Crippen LogP contribution in [0.2, 0.25) is 0 Å². The van der Waals surface area contributed by atoms with Crippen molar-refractivity contribution in [1.82, 2.24) is 14.9 Å². The number of aryl methyl sites for hydroxylation is 1. The van der Waals surface area contributed by atoms with Crippen LogP contribution in [0.4, 0.5) is 11.5 Å². The summed E-state index contributed by atoms with van der Waals surface area (Å²) in [6, 6.07) is 4.38. The lowest BCUT2D eigenvalue weighted by Gasteiger charge is -2.36. The summed E-state index contributed by atoms with van der Waals surface area (Å²) in [6.45, 7) is 4.75. The quantitative estimate of drug-likeness (QED) is 0.545. The maximum atomic E-state index is 13.2. The topological polar surface area (TPSA) is 79.7 Å². The van der Waals surface area contributed by atoms with Gasteiger partial charge in [-0.25, -0.2) is 9.97 Å². The summed E-state index contributed by atoms with van der Waals surface area (Å²) >= 11 is 5.39. The lowest BCUT2D eigenvalue weighted by Crippen LogP contribution is -2.50. The van der Waals surface area contributed by atoms with Crippen LogP contribution in [0.3, 0.4) is 0 Å². The molecular weight excluding hydrogens is 502 g/mol. The standard InChI is InChI=1S/C24H24BrN5O2S/c1-13-11-32-5-4-30(13)24(31)14-2-3-17-20(8-14)33-23-21(17)22(27-12-28-23)29-19-7-16-10-26-9-15(16)6-18(19)25/h6-7,10,12-14H,2-5,8-9,11H2,1H3,(H,27,28,29)/t13-,14-/m0/s1. The van der Waals surface area contributed by atoms with Gasteiger partial charge in [0.15, 0.2) is 0 Å². The van der Waals surface area contributed by atoms with Crippen LogP contribution in [0.1, 0.15) is 34.9 Å². The molecule has 1 aliphatic carbocycles. The number of nitrogens with zero attached hydrogens (tertiary/aromatic N) is 4. The van der Waals surface area contributed by atoms with Crippen LogP contribution >= 0.6 is 27.3 Å². The van der Waals surface area contributed by atoms with Crippen LogP contribution in [0.5, 0.6) is 0 Å². The number of anilines is 2. The highest BCUT2D eigenvalue weighted by atomic mass is 79.9. The lowest BCUT2D eigenvalue weighted by molar-refractivity contribution is -0.143. The van der Waals surface area contributed by atoms with Gasteiger partial charge in [-0.1, -0.05) is 0 Å². The van der Waals surface area contributed by atoms with E-state index in [0.29, 0.717) is 19.8 Å². The number of ether oxygens (including phenoxy) is 1. The van der Waals surface area contributed by atoms with Gasteiger partial charge >= 0.3 is 0 Å². The van der Waals surface area contributed by atoms with E-state index < -0.39 is 0 Å². The number of aromatic nitrogens is 2. The van der Waals surface area contributed by atoms with Crippen molar-refractivity contribution in [3.8, 4) is 0 Å². The molecule has 0 saturated carbocycles. The molecule has 7 nitrogen and oxygen atoms in total. The molecule has 0 unspecified atom stereocenters. The van der Waals surface area contributed by atoms with Crippen molar-refractivity contribution in [3.05, 3.63) is 44.5 Å². The fourth-order valence-electron chi connectivity index (χ4n) is 5.06. The number of fused-ring (bicyclic) bond motifs is 4. The van der Waals surface area contributed by atoms with Crippen molar-refractivity contribution < 1.29 is 9.53 Å². The summed E-state index contributed by atoms with van der Waals surface area (Å²) in [6.07, 6.45) is 6.03. The van der Waals surface area contributed by atoms with Gasteiger partial charge in [0.05, 0.1) is 36.9 Å². The molecule has 1 N–H and O–H groups in total. The summed E-state index contributed by atoms with van der Waals surface area (Å²) in [5.74, 6) is 1.11. The Kier molecular flexibility index (Phi) is 5.43. The van der Waals surface area contributed by atoms with Gasteiger partial charge < -0.3 is 15.0 Å². The van der Waals surface area contributed by atoms with Gasteiger partial charge in [-0.2, -0.15) is 0 Å². The summed E-state index contributed by atoms with van der Waals surface area (Å²) in [7, 11) is 0. The van der Waals surface area contributed by atoms with Crippen LogP contribution in [-0.4, -0.2) is 52.8 Å². The van der Waals surface area contributed by atoms with E-state index in [-0.39, 0.29) is 17.9 Å². The van der Waals surface area contributed by atoms with E-state index in [0.717, 1.165) is 57.6 Å². The van der Waals surface area contributed by atoms with Crippen LogP contribution in [-0.2, 0) is 28.9 Å². The lowest BCUT2D eigenvalue weighted by atomic mass is 9.86. The highest BCUT2D eigenvalue weighted by Crippen LogP contribution is 2.41. The summed E-state index contributed by atoms with van der Waals surface area (Å²) < 4.78 is 6.51. The van der Waals surface area contributed by atoms with Gasteiger partial charge in [-0.3, -0.25) is 9.79 Å². The number of carbonyl (C=O) groups is 1. The second kappa shape index (κ2) is 8.45. The molecule has 3 aliphatic rings. The Balaban J connectivity index is 1.30. The van der Waals surface area contributed by atoms with E-state index in [1.54, 1.807) is 17.7 Å². The number of halogens is 1. The molecule has 2 aromatic heterocycles. The Morgan fingerprint density at radius 2 is 2.24 bits per heavy atom. The zero-order chi connectivity index (χ0) is 22.5. The Morgan fingerprint density at radius 1 is 1.33 bits per heavy atom. The molecular formula is C24H24BrN5O2S. The minimum atomic E-state index is 0.0284. The molecule has 1 amide bonds. The number of carbonyl (C=O) groups excluding carboxylic acids is 1. The van der Waals surface area contributed by atoms with Crippen LogP contribution in [0.25, 0.3) is 10.2 Å². The maximum Gasteiger partial charge on any atom is 0.226 e. The molecule has 3 aromatic rings. The zero-order valence-corrected chi connectivity index (χ0v) is 20.7. The number of amides is 1. The van der Waals surface area contributed by atoms with Gasteiger partial charge in [-0.05, 0) is 70.9 Å². The van der Waals surface area contributed by atoms with E-state index in [1.807, 2.05) is 11.1 Å². The van der Waals surface area contributed by atoms with Crippen molar-refractivity contribution in [2.45, 2.75) is 38.8 Å². The van der Waals surface area contributed by atoms with Gasteiger partial charge in [0, 0.05) is 28.0 Å². The molecule has 0 radical (unpaired) electrons. The monoisotopic (exact) mass is 525 g/mol. The third kappa shape index (κ3) is 3.76. The highest BCUT2D eigenvalue weighted by Gasteiger charge is 2.34. The van der Waals surface area contributed by atoms with Gasteiger partial charge in [0.2, 0.25) is 5.91 Å². The van der Waals surface area contributed by atoms with Gasteiger partial charge in [0.25, 0.3) is 0 Å². The SMILES string of the molecule is C[C@H]1COCCN1C(=O)[C@H]1CCc2c(sc3ncnc(Nc4cc5c(cc4Br)CN=C5)c23)C1. The Bertz CT molecular complexity index is 1290. The third-order valence-corrected chi connectivity index (χ3v) is 8.64. The highest BCUT2D eigenvalue weighted by molar-refractivity contribution is 9.10. The first-order valence-electron chi connectivity index (χ1n) is 11.3. The largest absolute Gasteiger partial charge is 0.377 e. The fourth-order valence-corrected chi connectivity index (χ4v) is 6.82. The number of rotatable bonds is 3. The Labute approximate surface area is 204 Å². The summed E-state index contributed by atoms with van der Waals surface area (Å²) in [5, 5.41) is 4.62. The van der Waals surface area contributed by atoms with E-state index >= 15 is 0 Å². The van der Waals surface area contributed by atoms with E-state index in [9.17, 15) is 4.79 Å². The van der Waals surface area contributed by atoms with Crippen LogP contribution < -0.4 is 5.32 Å². The predicted molar refractivity (Wildman–Crippen MR) is 134 cm³/mol. The van der Waals surface area contributed by atoms with E-state index in [1.165, 1.54) is 16.0 Å². The molecule has 2 atom stereocenters. The number of morpholine rings is 1. The van der Waals surface area contributed by atoms with Crippen molar-refractivity contribution in [3.63, 3.8) is 0 Å². The molecule has 1 aromatic carbocycles. The molecule has 4 heterocycles. The minimum absolute atomic E-state index is 0.0284. The maximum absolute atomic E-state index is 13.2. The number of aliphatic imine (C=N–C) groups is 1. The Hall–Kier alpha value is -2.36. The second-order valence-corrected chi connectivity index (χ2v) is 10.9. The second-order valence-electron chi connectivity index (χ2n) is 8.93. The summed E-state index contributed by atoms with van der Waals surface area (Å²) in [4.78, 5) is 31.0. The molecule has 0 spiro atoms. The first-order chi connectivity index (χ1) is 16.1. The third-order valence-electron chi connectivity index (χ3n) is 6.82. The predicted octanol–water partition coefficient (Wildman–Crippen LogP) is 4.48. The van der Waals surface area contributed by atoms with E-state index in [4.69, 9.17) is 4.74 Å². The van der Waals surface area contributed by atoms with Crippen molar-refractivity contribution in [2.75, 3.05) is 25.1 Å². The van der Waals surface area contributed by atoms with Crippen LogP contribution in [0.15, 0.2) is 27.9 Å². The molecule has 33 heavy (non-hydrogen) atoms. The number of nitrogens with one attached hydrogen (secondary N) is 1. The number of benzene rings is 1. The minimum Gasteiger partial charge on any atom is -0.377 e. The first kappa shape index (κ1) is 21.2. The van der Waals surface area contributed by atoms with Crippen molar-refractivity contribution >= 4 is 61.1 Å². The molecule has 1 saturated heterocycles. The van der Waals surface area contributed by atoms with Crippen LogP contribution in [0, 0.1) is 5.92 Å². The average Bonchev–Trinajstić information content (AvgIpc) is 3.42. The smallest absolute Gasteiger partial charge is 0.226 e. The molecule has 9 heteroatoms. The normalized spacial score (nSPS) is 21.8. The molecule has 0 bridgehead atoms. The zero-order valence-electron chi connectivity index (χ0n) is 18.3. The first-order valence-corrected chi connectivity index (χ1v) is 12.9. The number of thiophene rings is 1. The molecule has 6 rings (SSSR count). The fraction of sp³-hybridized carbons (Fsp3) is 0.417. The van der Waals surface area contributed by atoms with E-state index in [2.05, 4.69) is 55.3 Å². The Morgan fingerprint density at radius 3 is 3.12 bits per heavy atom. The molecule has 1 fully saturated rings. The van der Waals surface area contributed by atoms with Gasteiger partial charge in [-0.15, -0.1) is 11.3 Å². The molecule has 2 aliphatic heterocycles. The van der Waals surface area contributed by atoms with Crippen molar-refractivity contribution in [2.24, 2.45) is 10.9 Å².